The number of hydrogen-bond donors (Lipinski definition) is 3. The number of hydrogen-bond acceptors (Lipinski definition) is 6. The van der Waals surface area contributed by atoms with E-state index in [0.717, 1.165) is 12.5 Å². The average molecular weight is 408 g/mol. The topological polar surface area (TPSA) is 96.0 Å². The Morgan fingerprint density at radius 1 is 1.04 bits per heavy atom. The van der Waals surface area contributed by atoms with E-state index in [0.29, 0.717) is 16.4 Å². The second kappa shape index (κ2) is 7.77. The molecule has 0 unspecified atom stereocenters. The summed E-state index contributed by atoms with van der Waals surface area (Å²) >= 11 is 5.94. The lowest BCUT2D eigenvalue weighted by molar-refractivity contribution is 0.607. The van der Waals surface area contributed by atoms with Gasteiger partial charge in [-0.15, -0.1) is 0 Å². The summed E-state index contributed by atoms with van der Waals surface area (Å²) < 4.78 is 39.5. The summed E-state index contributed by atoms with van der Waals surface area (Å²) in [6.45, 7) is 0. The third kappa shape index (κ3) is 5.28. The molecular weight excluding hydrogens is 393 g/mol. The van der Waals surface area contributed by atoms with Gasteiger partial charge in [-0.2, -0.15) is 4.98 Å². The molecule has 0 saturated carbocycles. The number of halogens is 2. The largest absolute Gasteiger partial charge is 0.336 e. The van der Waals surface area contributed by atoms with Gasteiger partial charge in [0.15, 0.2) is 11.6 Å². The van der Waals surface area contributed by atoms with Crippen molar-refractivity contribution in [2.75, 3.05) is 21.6 Å². The smallest absolute Gasteiger partial charge is 0.229 e. The number of sulfonamides is 1. The number of rotatable bonds is 6. The average Bonchev–Trinajstić information content (AvgIpc) is 2.58. The van der Waals surface area contributed by atoms with Gasteiger partial charge in [0.25, 0.3) is 0 Å². The fourth-order valence-corrected chi connectivity index (χ4v) is 2.99. The van der Waals surface area contributed by atoms with Crippen molar-refractivity contribution >= 4 is 50.5 Å². The SMILES string of the molecule is CS(=O)(=O)Nc1ccccc1Nc1nc(Nc2cccc(Cl)c2)ncc1F. The Hall–Kier alpha value is -2.91. The second-order valence-electron chi connectivity index (χ2n) is 5.57. The first-order chi connectivity index (χ1) is 12.8. The predicted molar refractivity (Wildman–Crippen MR) is 105 cm³/mol. The van der Waals surface area contributed by atoms with Crippen LogP contribution < -0.4 is 15.4 Å². The summed E-state index contributed by atoms with van der Waals surface area (Å²) in [5.74, 6) is -0.659. The molecule has 0 bridgehead atoms. The summed E-state index contributed by atoms with van der Waals surface area (Å²) in [6.07, 6.45) is 2.04. The summed E-state index contributed by atoms with van der Waals surface area (Å²) in [5, 5.41) is 6.24. The first kappa shape index (κ1) is 18.9. The third-order valence-electron chi connectivity index (χ3n) is 3.30. The van der Waals surface area contributed by atoms with Gasteiger partial charge >= 0.3 is 0 Å². The standard InChI is InChI=1S/C17H15ClFN5O2S/c1-27(25,26)24-15-8-3-2-7-14(15)22-16-13(19)10-20-17(23-16)21-12-6-4-5-11(18)9-12/h2-10,24H,1H3,(H2,20,21,22,23). The molecule has 27 heavy (non-hydrogen) atoms. The van der Waals surface area contributed by atoms with Gasteiger partial charge in [0.05, 0.1) is 23.8 Å². The molecule has 7 nitrogen and oxygen atoms in total. The fourth-order valence-electron chi connectivity index (χ4n) is 2.22. The van der Waals surface area contributed by atoms with E-state index in [1.165, 1.54) is 0 Å². The van der Waals surface area contributed by atoms with E-state index in [4.69, 9.17) is 11.6 Å². The van der Waals surface area contributed by atoms with E-state index in [-0.39, 0.29) is 17.5 Å². The number of nitrogens with one attached hydrogen (secondary N) is 3. The van der Waals surface area contributed by atoms with Crippen LogP contribution in [0.3, 0.4) is 0 Å². The van der Waals surface area contributed by atoms with E-state index in [2.05, 4.69) is 25.3 Å². The molecule has 0 aliphatic carbocycles. The molecule has 2 aromatic carbocycles. The zero-order valence-corrected chi connectivity index (χ0v) is 15.6. The number of anilines is 5. The number of para-hydroxylation sites is 2. The van der Waals surface area contributed by atoms with Gasteiger partial charge in [-0.05, 0) is 30.3 Å². The van der Waals surface area contributed by atoms with Crippen molar-refractivity contribution in [1.82, 2.24) is 9.97 Å². The molecule has 0 amide bonds. The normalized spacial score (nSPS) is 11.1. The molecule has 0 radical (unpaired) electrons. The Kier molecular flexibility index (Phi) is 5.43. The summed E-state index contributed by atoms with van der Waals surface area (Å²) in [7, 11) is -3.50. The molecule has 3 rings (SSSR count). The Morgan fingerprint density at radius 3 is 2.48 bits per heavy atom. The van der Waals surface area contributed by atoms with E-state index in [1.807, 2.05) is 0 Å². The van der Waals surface area contributed by atoms with Crippen LogP contribution in [0.4, 0.5) is 33.2 Å². The van der Waals surface area contributed by atoms with Crippen LogP contribution in [0.2, 0.25) is 5.02 Å². The van der Waals surface area contributed by atoms with Crippen molar-refractivity contribution in [3.05, 3.63) is 65.6 Å². The van der Waals surface area contributed by atoms with Crippen LogP contribution in [0, 0.1) is 5.82 Å². The number of aromatic nitrogens is 2. The Balaban J connectivity index is 1.88. The maximum absolute atomic E-state index is 14.2. The van der Waals surface area contributed by atoms with Gasteiger partial charge in [0, 0.05) is 10.7 Å². The molecule has 1 heterocycles. The van der Waals surface area contributed by atoms with Gasteiger partial charge in [0.2, 0.25) is 16.0 Å². The Labute approximate surface area is 160 Å². The lowest BCUT2D eigenvalue weighted by atomic mass is 10.2. The molecule has 140 valence electrons. The number of nitrogens with zero attached hydrogens (tertiary/aromatic N) is 2. The highest BCUT2D eigenvalue weighted by atomic mass is 35.5. The molecule has 1 aromatic heterocycles. The molecule has 0 aliphatic heterocycles. The van der Waals surface area contributed by atoms with E-state index >= 15 is 0 Å². The van der Waals surface area contributed by atoms with Crippen molar-refractivity contribution in [3.8, 4) is 0 Å². The minimum Gasteiger partial charge on any atom is -0.336 e. The van der Waals surface area contributed by atoms with Gasteiger partial charge in [-0.3, -0.25) is 4.72 Å². The van der Waals surface area contributed by atoms with Gasteiger partial charge in [0.1, 0.15) is 0 Å². The lowest BCUT2D eigenvalue weighted by Crippen LogP contribution is -2.11. The summed E-state index contributed by atoms with van der Waals surface area (Å²) in [5.41, 5.74) is 1.25. The van der Waals surface area contributed by atoms with Crippen molar-refractivity contribution in [2.45, 2.75) is 0 Å². The van der Waals surface area contributed by atoms with Gasteiger partial charge in [-0.1, -0.05) is 29.8 Å². The zero-order chi connectivity index (χ0) is 19.4. The molecule has 0 fully saturated rings. The van der Waals surface area contributed by atoms with Crippen LogP contribution >= 0.6 is 11.6 Å². The Bertz CT molecular complexity index is 1080. The first-order valence-electron chi connectivity index (χ1n) is 7.69. The molecule has 3 N–H and O–H groups in total. The molecule has 3 aromatic rings. The highest BCUT2D eigenvalue weighted by Crippen LogP contribution is 2.27. The van der Waals surface area contributed by atoms with Crippen LogP contribution in [0.1, 0.15) is 0 Å². The quantitative estimate of drug-likeness (QED) is 0.568. The Morgan fingerprint density at radius 2 is 1.78 bits per heavy atom. The molecule has 10 heteroatoms. The van der Waals surface area contributed by atoms with Crippen LogP contribution in [0.25, 0.3) is 0 Å². The van der Waals surface area contributed by atoms with Crippen molar-refractivity contribution in [3.63, 3.8) is 0 Å². The molecule has 0 spiro atoms. The second-order valence-corrected chi connectivity index (χ2v) is 7.76. The van der Waals surface area contributed by atoms with Crippen LogP contribution in [0.15, 0.2) is 54.7 Å². The lowest BCUT2D eigenvalue weighted by Gasteiger charge is -2.13. The maximum atomic E-state index is 14.2. The molecule has 0 atom stereocenters. The summed E-state index contributed by atoms with van der Waals surface area (Å²) in [4.78, 5) is 8.00. The third-order valence-corrected chi connectivity index (χ3v) is 4.13. The molecule has 0 aliphatic rings. The number of benzene rings is 2. The zero-order valence-electron chi connectivity index (χ0n) is 14.1. The fraction of sp³-hybridized carbons (Fsp3) is 0.0588. The molecule has 0 saturated heterocycles. The van der Waals surface area contributed by atoms with E-state index in [1.54, 1.807) is 48.5 Å². The first-order valence-corrected chi connectivity index (χ1v) is 9.96. The maximum Gasteiger partial charge on any atom is 0.229 e. The predicted octanol–water partition coefficient (Wildman–Crippen LogP) is 4.13. The van der Waals surface area contributed by atoms with Crippen molar-refractivity contribution in [2.24, 2.45) is 0 Å². The van der Waals surface area contributed by atoms with Gasteiger partial charge in [-0.25, -0.2) is 17.8 Å². The monoisotopic (exact) mass is 407 g/mol. The van der Waals surface area contributed by atoms with Crippen molar-refractivity contribution in [1.29, 1.82) is 0 Å². The minimum absolute atomic E-state index is 0.114. The summed E-state index contributed by atoms with van der Waals surface area (Å²) in [6, 6.07) is 13.4. The van der Waals surface area contributed by atoms with Gasteiger partial charge < -0.3 is 10.6 Å². The van der Waals surface area contributed by atoms with E-state index in [9.17, 15) is 12.8 Å². The van der Waals surface area contributed by atoms with Crippen LogP contribution in [0.5, 0.6) is 0 Å². The van der Waals surface area contributed by atoms with Crippen molar-refractivity contribution < 1.29 is 12.8 Å². The van der Waals surface area contributed by atoms with E-state index < -0.39 is 15.8 Å². The highest BCUT2D eigenvalue weighted by Gasteiger charge is 2.12. The van der Waals surface area contributed by atoms with Crippen LogP contribution in [-0.4, -0.2) is 24.6 Å². The highest BCUT2D eigenvalue weighted by molar-refractivity contribution is 7.92. The minimum atomic E-state index is -3.50. The van der Waals surface area contributed by atoms with Crippen LogP contribution in [-0.2, 0) is 10.0 Å². The molecular formula is C17H15ClFN5O2S.